The Morgan fingerprint density at radius 2 is 2.09 bits per heavy atom. The van der Waals surface area contributed by atoms with Crippen LogP contribution < -0.4 is 10.1 Å². The summed E-state index contributed by atoms with van der Waals surface area (Å²) in [5.41, 5.74) is 0.563. The van der Waals surface area contributed by atoms with Crippen molar-refractivity contribution < 1.29 is 23.8 Å². The van der Waals surface area contributed by atoms with Gasteiger partial charge < -0.3 is 19.5 Å². The van der Waals surface area contributed by atoms with Crippen molar-refractivity contribution in [2.24, 2.45) is 0 Å². The van der Waals surface area contributed by atoms with E-state index in [1.807, 2.05) is 0 Å². The summed E-state index contributed by atoms with van der Waals surface area (Å²) in [5, 5.41) is 2.77. The minimum atomic E-state index is -0.271. The summed E-state index contributed by atoms with van der Waals surface area (Å²) in [5.74, 6) is 0.287. The molecule has 1 aromatic rings. The molecule has 1 aliphatic rings. The van der Waals surface area contributed by atoms with Crippen molar-refractivity contribution in [2.75, 3.05) is 26.9 Å². The van der Waals surface area contributed by atoms with Gasteiger partial charge in [-0.2, -0.15) is 0 Å². The minimum Gasteiger partial charge on any atom is -0.491 e. The third-order valence-electron chi connectivity index (χ3n) is 3.65. The molecule has 2 rings (SSSR count). The molecule has 1 heterocycles. The molecule has 6 nitrogen and oxygen atoms in total. The molecular formula is C17H23NO5. The van der Waals surface area contributed by atoms with Crippen LogP contribution in [-0.4, -0.2) is 44.8 Å². The van der Waals surface area contributed by atoms with Crippen molar-refractivity contribution in [3.8, 4) is 5.75 Å². The van der Waals surface area contributed by atoms with Crippen molar-refractivity contribution in [3.05, 3.63) is 29.8 Å². The summed E-state index contributed by atoms with van der Waals surface area (Å²) in [6.45, 7) is 1.79. The topological polar surface area (TPSA) is 73.9 Å². The quantitative estimate of drug-likeness (QED) is 0.585. The Kier molecular flexibility index (Phi) is 6.87. The van der Waals surface area contributed by atoms with Crippen LogP contribution in [0.2, 0.25) is 0 Å². The SMILES string of the molecule is COC(=O)CCCNC(=O)c1ccc(OCC2CCCO2)cc1. The maximum absolute atomic E-state index is 11.9. The highest BCUT2D eigenvalue weighted by molar-refractivity contribution is 5.94. The van der Waals surface area contributed by atoms with Crippen LogP contribution in [0.25, 0.3) is 0 Å². The Morgan fingerprint density at radius 1 is 1.30 bits per heavy atom. The summed E-state index contributed by atoms with van der Waals surface area (Å²) >= 11 is 0. The van der Waals surface area contributed by atoms with E-state index in [1.165, 1.54) is 7.11 Å². The number of hydrogen-bond donors (Lipinski definition) is 1. The average Bonchev–Trinajstić information content (AvgIpc) is 3.10. The van der Waals surface area contributed by atoms with Crippen LogP contribution in [0.1, 0.15) is 36.0 Å². The van der Waals surface area contributed by atoms with Crippen LogP contribution >= 0.6 is 0 Å². The van der Waals surface area contributed by atoms with Gasteiger partial charge in [-0.25, -0.2) is 0 Å². The highest BCUT2D eigenvalue weighted by Gasteiger charge is 2.16. The number of benzene rings is 1. The molecule has 126 valence electrons. The first-order valence-corrected chi connectivity index (χ1v) is 7.88. The zero-order valence-electron chi connectivity index (χ0n) is 13.4. The summed E-state index contributed by atoms with van der Waals surface area (Å²) in [6, 6.07) is 7.00. The first-order chi connectivity index (χ1) is 11.2. The van der Waals surface area contributed by atoms with Crippen LogP contribution in [0.4, 0.5) is 0 Å². The van der Waals surface area contributed by atoms with E-state index in [-0.39, 0.29) is 18.0 Å². The molecule has 0 bridgehead atoms. The molecule has 1 saturated heterocycles. The first kappa shape index (κ1) is 17.3. The predicted molar refractivity (Wildman–Crippen MR) is 84.5 cm³/mol. The fraction of sp³-hybridized carbons (Fsp3) is 0.529. The molecule has 0 aliphatic carbocycles. The molecule has 0 spiro atoms. The first-order valence-electron chi connectivity index (χ1n) is 7.88. The Balaban J connectivity index is 1.70. The van der Waals surface area contributed by atoms with E-state index in [4.69, 9.17) is 9.47 Å². The molecule has 0 saturated carbocycles. The van der Waals surface area contributed by atoms with Gasteiger partial charge in [-0.05, 0) is 43.5 Å². The minimum absolute atomic E-state index is 0.166. The van der Waals surface area contributed by atoms with E-state index in [1.54, 1.807) is 24.3 Å². The molecule has 6 heteroatoms. The van der Waals surface area contributed by atoms with Crippen LogP contribution in [-0.2, 0) is 14.3 Å². The molecule has 1 fully saturated rings. The third kappa shape index (κ3) is 5.90. The highest BCUT2D eigenvalue weighted by atomic mass is 16.5. The van der Waals surface area contributed by atoms with Gasteiger partial charge in [0.2, 0.25) is 0 Å². The molecule has 1 N–H and O–H groups in total. The lowest BCUT2D eigenvalue weighted by Crippen LogP contribution is -2.25. The smallest absolute Gasteiger partial charge is 0.305 e. The number of ether oxygens (including phenoxy) is 3. The second kappa shape index (κ2) is 9.15. The van der Waals surface area contributed by atoms with E-state index in [2.05, 4.69) is 10.1 Å². The van der Waals surface area contributed by atoms with Gasteiger partial charge in [-0.3, -0.25) is 9.59 Å². The Morgan fingerprint density at radius 3 is 2.74 bits per heavy atom. The molecule has 1 aromatic carbocycles. The number of methoxy groups -OCH3 is 1. The van der Waals surface area contributed by atoms with Crippen molar-refractivity contribution in [1.82, 2.24) is 5.32 Å². The third-order valence-corrected chi connectivity index (χ3v) is 3.65. The van der Waals surface area contributed by atoms with Crippen LogP contribution in [0.5, 0.6) is 5.75 Å². The van der Waals surface area contributed by atoms with E-state index in [0.29, 0.717) is 31.6 Å². The maximum Gasteiger partial charge on any atom is 0.305 e. The summed E-state index contributed by atoms with van der Waals surface area (Å²) in [4.78, 5) is 22.9. The summed E-state index contributed by atoms with van der Waals surface area (Å²) in [7, 11) is 1.35. The molecule has 1 unspecified atom stereocenters. The van der Waals surface area contributed by atoms with Gasteiger partial charge in [0.15, 0.2) is 0 Å². The van der Waals surface area contributed by atoms with E-state index in [0.717, 1.165) is 25.2 Å². The number of rotatable bonds is 8. The molecule has 23 heavy (non-hydrogen) atoms. The standard InChI is InChI=1S/C17H23NO5/c1-21-16(19)5-2-10-18-17(20)13-6-8-14(9-7-13)23-12-15-4-3-11-22-15/h6-9,15H,2-5,10-12H2,1H3,(H,18,20). The van der Waals surface area contributed by atoms with Crippen molar-refractivity contribution >= 4 is 11.9 Å². The lowest BCUT2D eigenvalue weighted by Gasteiger charge is -2.11. The highest BCUT2D eigenvalue weighted by Crippen LogP contribution is 2.16. The molecular weight excluding hydrogens is 298 g/mol. The van der Waals surface area contributed by atoms with E-state index in [9.17, 15) is 9.59 Å². The van der Waals surface area contributed by atoms with Gasteiger partial charge in [0, 0.05) is 25.1 Å². The average molecular weight is 321 g/mol. The zero-order chi connectivity index (χ0) is 16.5. The van der Waals surface area contributed by atoms with Gasteiger partial charge in [0.25, 0.3) is 5.91 Å². The fourth-order valence-corrected chi connectivity index (χ4v) is 2.31. The van der Waals surface area contributed by atoms with Gasteiger partial charge >= 0.3 is 5.97 Å². The van der Waals surface area contributed by atoms with Crippen LogP contribution in [0.3, 0.4) is 0 Å². The summed E-state index contributed by atoms with van der Waals surface area (Å²) < 4.78 is 15.7. The number of carbonyl (C=O) groups excluding carboxylic acids is 2. The van der Waals surface area contributed by atoms with Crippen LogP contribution in [0, 0.1) is 0 Å². The number of hydrogen-bond acceptors (Lipinski definition) is 5. The largest absolute Gasteiger partial charge is 0.491 e. The second-order valence-electron chi connectivity index (χ2n) is 5.41. The zero-order valence-corrected chi connectivity index (χ0v) is 13.4. The number of amides is 1. The fourth-order valence-electron chi connectivity index (χ4n) is 2.31. The molecule has 0 radical (unpaired) electrons. The second-order valence-corrected chi connectivity index (χ2v) is 5.41. The lowest BCUT2D eigenvalue weighted by atomic mass is 10.2. The molecule has 1 amide bonds. The van der Waals surface area contributed by atoms with E-state index < -0.39 is 0 Å². The van der Waals surface area contributed by atoms with Crippen molar-refractivity contribution in [2.45, 2.75) is 31.8 Å². The van der Waals surface area contributed by atoms with Gasteiger partial charge in [0.1, 0.15) is 12.4 Å². The number of nitrogens with one attached hydrogen (secondary N) is 1. The number of carbonyl (C=O) groups is 2. The normalized spacial score (nSPS) is 16.8. The Hall–Kier alpha value is -2.08. The molecule has 1 aliphatic heterocycles. The van der Waals surface area contributed by atoms with Gasteiger partial charge in [-0.1, -0.05) is 0 Å². The Labute approximate surface area is 136 Å². The van der Waals surface area contributed by atoms with Crippen LogP contribution in [0.15, 0.2) is 24.3 Å². The van der Waals surface area contributed by atoms with Gasteiger partial charge in [-0.15, -0.1) is 0 Å². The van der Waals surface area contributed by atoms with Gasteiger partial charge in [0.05, 0.1) is 13.2 Å². The van der Waals surface area contributed by atoms with Crippen molar-refractivity contribution in [1.29, 1.82) is 0 Å². The predicted octanol–water partition coefficient (Wildman–Crippen LogP) is 1.93. The van der Waals surface area contributed by atoms with Crippen molar-refractivity contribution in [3.63, 3.8) is 0 Å². The van der Waals surface area contributed by atoms with E-state index >= 15 is 0 Å². The summed E-state index contributed by atoms with van der Waals surface area (Å²) in [6.07, 6.45) is 3.15. The Bertz CT molecular complexity index is 508. The lowest BCUT2D eigenvalue weighted by molar-refractivity contribution is -0.140. The molecule has 1 atom stereocenters. The molecule has 0 aromatic heterocycles. The maximum atomic E-state index is 11.9. The monoisotopic (exact) mass is 321 g/mol. The number of esters is 1.